The van der Waals surface area contributed by atoms with Crippen molar-refractivity contribution in [1.82, 2.24) is 4.98 Å². The van der Waals surface area contributed by atoms with Crippen molar-refractivity contribution in [3.63, 3.8) is 0 Å². The van der Waals surface area contributed by atoms with E-state index in [0.29, 0.717) is 12.2 Å². The second-order valence-electron chi connectivity index (χ2n) is 2.65. The van der Waals surface area contributed by atoms with Crippen molar-refractivity contribution >= 4 is 11.2 Å². The highest BCUT2D eigenvalue weighted by atomic mass is 32.2. The summed E-state index contributed by atoms with van der Waals surface area (Å²) < 4.78 is 11.5. The first-order valence-corrected chi connectivity index (χ1v) is 5.53. The van der Waals surface area contributed by atoms with Crippen LogP contribution >= 0.6 is 0 Å². The third-order valence-corrected chi connectivity index (χ3v) is 3.05. The largest absolute Gasteiger partial charge is 0.611 e. The maximum Gasteiger partial charge on any atom is 0.170 e. The number of rotatable bonds is 5. The normalized spacial score (nSPS) is 12.8. The number of pyridine rings is 1. The van der Waals surface area contributed by atoms with E-state index in [-0.39, 0.29) is 6.61 Å². The molecule has 0 saturated carbocycles. The summed E-state index contributed by atoms with van der Waals surface area (Å²) in [5.41, 5.74) is 0. The van der Waals surface area contributed by atoms with E-state index in [2.05, 4.69) is 4.98 Å². The van der Waals surface area contributed by atoms with Crippen LogP contribution in [0.1, 0.15) is 12.8 Å². The van der Waals surface area contributed by atoms with Crippen molar-refractivity contribution in [2.45, 2.75) is 17.7 Å². The van der Waals surface area contributed by atoms with Gasteiger partial charge in [-0.05, 0) is 36.2 Å². The van der Waals surface area contributed by atoms with E-state index in [0.717, 1.165) is 11.3 Å². The predicted octanol–water partition coefficient (Wildman–Crippen LogP) is 1.40. The molecule has 0 amide bonds. The quantitative estimate of drug-likeness (QED) is 0.530. The van der Waals surface area contributed by atoms with Gasteiger partial charge in [0, 0.05) is 6.20 Å². The molecule has 0 aliphatic heterocycles. The fourth-order valence-corrected chi connectivity index (χ4v) is 2.05. The van der Waals surface area contributed by atoms with Gasteiger partial charge in [-0.15, -0.1) is 0 Å². The number of unbranched alkanes of at least 4 members (excludes halogenated alkanes) is 1. The zero-order chi connectivity index (χ0) is 9.52. The minimum absolute atomic E-state index is 0.0791. The van der Waals surface area contributed by atoms with E-state index >= 15 is 0 Å². The van der Waals surface area contributed by atoms with Crippen molar-refractivity contribution in [3.8, 4) is 0 Å². The Labute approximate surface area is 81.0 Å². The maximum absolute atomic E-state index is 11.5. The highest BCUT2D eigenvalue weighted by Crippen LogP contribution is 2.10. The standard InChI is InChI=1S/C9H12NO2S/c11-6-1-2-7-13(12)9-4-3-5-10-8-9/h3-5,8H,1-2,6-7H2. The summed E-state index contributed by atoms with van der Waals surface area (Å²) >= 11 is -0.986. The van der Waals surface area contributed by atoms with E-state index in [1.807, 2.05) is 0 Å². The minimum atomic E-state index is -0.986. The van der Waals surface area contributed by atoms with Crippen molar-refractivity contribution in [2.24, 2.45) is 0 Å². The molecular formula is C9H12NO2S. The van der Waals surface area contributed by atoms with Crippen molar-refractivity contribution < 1.29 is 9.66 Å². The minimum Gasteiger partial charge on any atom is -0.611 e. The smallest absolute Gasteiger partial charge is 0.170 e. The van der Waals surface area contributed by atoms with Crippen molar-refractivity contribution in [3.05, 3.63) is 24.5 Å². The Morgan fingerprint density at radius 2 is 2.31 bits per heavy atom. The van der Waals surface area contributed by atoms with Gasteiger partial charge in [0.15, 0.2) is 4.90 Å². The zero-order valence-electron chi connectivity index (χ0n) is 7.31. The van der Waals surface area contributed by atoms with E-state index in [9.17, 15) is 9.66 Å². The van der Waals surface area contributed by atoms with E-state index in [4.69, 9.17) is 0 Å². The van der Waals surface area contributed by atoms with Gasteiger partial charge in [0.05, 0.1) is 12.8 Å². The molecule has 0 fully saturated rings. The van der Waals surface area contributed by atoms with Crippen LogP contribution in [0.4, 0.5) is 0 Å². The molecule has 71 valence electrons. The molecule has 0 aromatic carbocycles. The first-order chi connectivity index (χ1) is 6.34. The van der Waals surface area contributed by atoms with Crippen LogP contribution in [0.2, 0.25) is 0 Å². The summed E-state index contributed by atoms with van der Waals surface area (Å²) in [6.45, 7) is -0.0791. The van der Waals surface area contributed by atoms with Crippen molar-refractivity contribution in [1.29, 1.82) is 0 Å². The lowest BCUT2D eigenvalue weighted by Gasteiger charge is -2.08. The van der Waals surface area contributed by atoms with Crippen LogP contribution in [0.5, 0.6) is 0 Å². The highest BCUT2D eigenvalue weighted by Gasteiger charge is 2.09. The van der Waals surface area contributed by atoms with Gasteiger partial charge in [-0.3, -0.25) is 4.98 Å². The number of aromatic nitrogens is 1. The lowest BCUT2D eigenvalue weighted by Crippen LogP contribution is -2.07. The van der Waals surface area contributed by atoms with Crippen LogP contribution in [0.3, 0.4) is 0 Å². The molecule has 13 heavy (non-hydrogen) atoms. The predicted molar refractivity (Wildman–Crippen MR) is 50.3 cm³/mol. The lowest BCUT2D eigenvalue weighted by atomic mass is 10.4. The van der Waals surface area contributed by atoms with Gasteiger partial charge in [-0.1, -0.05) is 0 Å². The lowest BCUT2D eigenvalue weighted by molar-refractivity contribution is 0.188. The van der Waals surface area contributed by atoms with E-state index in [1.165, 1.54) is 0 Å². The third kappa shape index (κ3) is 3.76. The van der Waals surface area contributed by atoms with Crippen LogP contribution in [-0.4, -0.2) is 21.9 Å². The van der Waals surface area contributed by atoms with Gasteiger partial charge in [0.25, 0.3) is 0 Å². The number of hydrogen-bond donors (Lipinski definition) is 0. The maximum atomic E-state index is 11.5. The van der Waals surface area contributed by atoms with Gasteiger partial charge in [-0.25, -0.2) is 5.11 Å². The summed E-state index contributed by atoms with van der Waals surface area (Å²) in [6.07, 6.45) is 4.59. The SMILES string of the molecule is [O]CCCC[S+]([O-])c1cccnc1. The first kappa shape index (κ1) is 10.5. The van der Waals surface area contributed by atoms with Crippen LogP contribution in [0, 0.1) is 0 Å². The van der Waals surface area contributed by atoms with Crippen LogP contribution in [0.15, 0.2) is 29.4 Å². The van der Waals surface area contributed by atoms with Crippen LogP contribution in [-0.2, 0) is 16.3 Å². The van der Waals surface area contributed by atoms with Crippen LogP contribution < -0.4 is 0 Å². The number of nitrogens with zero attached hydrogens (tertiary/aromatic N) is 1. The molecule has 1 radical (unpaired) electrons. The van der Waals surface area contributed by atoms with E-state index < -0.39 is 11.2 Å². The Bertz CT molecular complexity index is 230. The molecule has 4 heteroatoms. The Morgan fingerprint density at radius 1 is 1.46 bits per heavy atom. The van der Waals surface area contributed by atoms with Crippen molar-refractivity contribution in [2.75, 3.05) is 12.4 Å². The Morgan fingerprint density at radius 3 is 2.92 bits per heavy atom. The molecule has 0 aliphatic rings. The fourth-order valence-electron chi connectivity index (χ4n) is 0.935. The van der Waals surface area contributed by atoms with Gasteiger partial charge in [-0.2, -0.15) is 0 Å². The summed E-state index contributed by atoms with van der Waals surface area (Å²) in [4.78, 5) is 4.62. The molecule has 1 unspecified atom stereocenters. The highest BCUT2D eigenvalue weighted by molar-refractivity contribution is 7.91. The fraction of sp³-hybridized carbons (Fsp3) is 0.444. The molecule has 1 rings (SSSR count). The molecular weight excluding hydrogens is 186 g/mol. The zero-order valence-corrected chi connectivity index (χ0v) is 8.13. The molecule has 0 aliphatic carbocycles. The molecule has 1 heterocycles. The van der Waals surface area contributed by atoms with Crippen LogP contribution in [0.25, 0.3) is 0 Å². The van der Waals surface area contributed by atoms with Gasteiger partial charge >= 0.3 is 0 Å². The summed E-state index contributed by atoms with van der Waals surface area (Å²) in [5, 5.41) is 10.1. The second kappa shape index (κ2) is 5.96. The summed E-state index contributed by atoms with van der Waals surface area (Å²) in [6, 6.07) is 3.56. The molecule has 1 atom stereocenters. The van der Waals surface area contributed by atoms with Gasteiger partial charge < -0.3 is 4.55 Å². The molecule has 1 aromatic rings. The molecule has 1 aromatic heterocycles. The first-order valence-electron chi connectivity index (χ1n) is 4.21. The molecule has 0 spiro atoms. The Hall–Kier alpha value is -0.580. The molecule has 0 bridgehead atoms. The topological polar surface area (TPSA) is 55.8 Å². The van der Waals surface area contributed by atoms with E-state index in [1.54, 1.807) is 24.5 Å². The Kier molecular flexibility index (Phi) is 4.82. The van der Waals surface area contributed by atoms with Gasteiger partial charge in [0.2, 0.25) is 0 Å². The monoisotopic (exact) mass is 198 g/mol. The molecule has 3 nitrogen and oxygen atoms in total. The summed E-state index contributed by atoms with van der Waals surface area (Å²) in [7, 11) is 0. The second-order valence-corrected chi connectivity index (χ2v) is 4.22. The summed E-state index contributed by atoms with van der Waals surface area (Å²) in [5.74, 6) is 0.563. The average Bonchev–Trinajstić information content (AvgIpc) is 2.19. The molecule has 0 N–H and O–H groups in total. The molecule has 0 saturated heterocycles. The third-order valence-electron chi connectivity index (χ3n) is 1.62. The Balaban J connectivity index is 2.35. The average molecular weight is 198 g/mol. The number of hydrogen-bond acceptors (Lipinski definition) is 2. The van der Waals surface area contributed by atoms with Gasteiger partial charge in [0.1, 0.15) is 5.75 Å².